The molecular formula is C26H36N5O9PS. The summed E-state index contributed by atoms with van der Waals surface area (Å²) in [6.07, 6.45) is -2.55. The number of thioether (sulfide) groups is 1. The van der Waals surface area contributed by atoms with Gasteiger partial charge in [-0.3, -0.25) is 23.2 Å². The van der Waals surface area contributed by atoms with Crippen LogP contribution in [0.25, 0.3) is 11.2 Å². The smallest absolute Gasteiger partial charge is 0.395 e. The van der Waals surface area contributed by atoms with E-state index in [0.29, 0.717) is 5.82 Å². The first-order valence-corrected chi connectivity index (χ1v) is 15.8. The van der Waals surface area contributed by atoms with E-state index in [0.717, 1.165) is 17.3 Å². The number of hydrogen-bond donors (Lipinski definition) is 5. The predicted octanol–water partition coefficient (Wildman–Crippen LogP) is 1.65. The summed E-state index contributed by atoms with van der Waals surface area (Å²) >= 11 is 0.943. The highest BCUT2D eigenvalue weighted by molar-refractivity contribution is 8.13. The fraction of sp³-hybridized carbons (Fsp3) is 0.538. The van der Waals surface area contributed by atoms with Crippen molar-refractivity contribution in [1.82, 2.24) is 24.6 Å². The van der Waals surface area contributed by atoms with Crippen LogP contribution >= 0.6 is 19.5 Å². The third-order valence-electron chi connectivity index (χ3n) is 6.81. The summed E-state index contributed by atoms with van der Waals surface area (Å²) in [5.41, 5.74) is -2.25. The zero-order valence-corrected chi connectivity index (χ0v) is 25.4. The first-order chi connectivity index (χ1) is 19.8. The van der Waals surface area contributed by atoms with Crippen molar-refractivity contribution in [2.45, 2.75) is 58.3 Å². The lowest BCUT2D eigenvalue weighted by Gasteiger charge is -2.27. The van der Waals surface area contributed by atoms with Crippen LogP contribution in [-0.2, 0) is 29.7 Å². The number of hydrogen-bond acceptors (Lipinski definition) is 12. The van der Waals surface area contributed by atoms with Crippen molar-refractivity contribution in [3.8, 4) is 0 Å². The Kier molecular flexibility index (Phi) is 10.1. The van der Waals surface area contributed by atoms with E-state index in [1.165, 1.54) is 17.8 Å². The van der Waals surface area contributed by atoms with Crippen LogP contribution in [-0.4, -0.2) is 83.3 Å². The average molecular weight is 626 g/mol. The fourth-order valence-corrected chi connectivity index (χ4v) is 6.46. The Morgan fingerprint density at radius 3 is 2.71 bits per heavy atom. The summed E-state index contributed by atoms with van der Waals surface area (Å²) in [6.45, 7) is 5.47. The minimum absolute atomic E-state index is 0.0379. The van der Waals surface area contributed by atoms with E-state index in [1.54, 1.807) is 20.8 Å². The molecule has 5 atom stereocenters. The van der Waals surface area contributed by atoms with E-state index >= 15 is 0 Å². The molecule has 1 aliphatic rings. The number of aromatic amines is 1. The third kappa shape index (κ3) is 7.18. The number of ether oxygens (including phenoxy) is 1. The van der Waals surface area contributed by atoms with Gasteiger partial charge >= 0.3 is 7.75 Å². The van der Waals surface area contributed by atoms with Gasteiger partial charge in [0.25, 0.3) is 5.56 Å². The first kappa shape index (κ1) is 32.5. The van der Waals surface area contributed by atoms with E-state index in [4.69, 9.17) is 13.8 Å². The van der Waals surface area contributed by atoms with Crippen LogP contribution in [0.5, 0.6) is 0 Å². The average Bonchev–Trinajstić information content (AvgIpc) is 3.47. The number of nitrogens with zero attached hydrogens (tertiary/aromatic N) is 3. The standard InChI is InChI=1S/C26H36N5O9PS/c1-16-29-21-19(22(34)30-16)27-15-31(21)23-26(4,36)20(33)18(40-23)13-39-41(37,28-12-17-8-6-5-7-9-17)38-10-11-42-24(35)25(2,3)14-32/h5-9,15,18,20,23,32-33,36H,10-14H2,1-4H3,(H,28,37)(H,29,30,34)/t18-,20-,23-,26-,41?/m1/s1. The van der Waals surface area contributed by atoms with Crippen LogP contribution in [0.15, 0.2) is 41.5 Å². The van der Waals surface area contributed by atoms with Crippen LogP contribution in [0.4, 0.5) is 0 Å². The summed E-state index contributed by atoms with van der Waals surface area (Å²) < 4.78 is 32.3. The molecule has 0 bridgehead atoms. The molecule has 3 aromatic rings. The molecule has 4 rings (SSSR count). The van der Waals surface area contributed by atoms with E-state index in [-0.39, 0.29) is 41.8 Å². The number of aromatic nitrogens is 4. The second-order valence-corrected chi connectivity index (χ2v) is 13.7. The van der Waals surface area contributed by atoms with Gasteiger partial charge < -0.3 is 25.0 Å². The monoisotopic (exact) mass is 625 g/mol. The molecule has 0 spiro atoms. The van der Waals surface area contributed by atoms with Crippen LogP contribution in [0.2, 0.25) is 0 Å². The Morgan fingerprint density at radius 2 is 2.02 bits per heavy atom. The lowest BCUT2D eigenvalue weighted by Crippen LogP contribution is -2.44. The van der Waals surface area contributed by atoms with E-state index < -0.39 is 49.4 Å². The molecule has 16 heteroatoms. The van der Waals surface area contributed by atoms with Crippen molar-refractivity contribution in [2.24, 2.45) is 5.41 Å². The van der Waals surface area contributed by atoms with E-state index in [1.807, 2.05) is 30.3 Å². The molecule has 1 fully saturated rings. The summed E-state index contributed by atoms with van der Waals surface area (Å²) in [4.78, 5) is 35.5. The number of fused-ring (bicyclic) bond motifs is 1. The maximum Gasteiger partial charge on any atom is 0.405 e. The molecule has 42 heavy (non-hydrogen) atoms. The molecule has 0 aliphatic carbocycles. The molecule has 0 radical (unpaired) electrons. The number of aryl methyl sites for hydroxylation is 1. The van der Waals surface area contributed by atoms with Gasteiger partial charge in [-0.25, -0.2) is 19.6 Å². The number of carbonyl (C=O) groups is 1. The summed E-state index contributed by atoms with van der Waals surface area (Å²) in [5.74, 6) is 0.482. The number of imidazole rings is 1. The second-order valence-electron chi connectivity index (χ2n) is 10.8. The van der Waals surface area contributed by atoms with Gasteiger partial charge in [-0.2, -0.15) is 0 Å². The maximum atomic E-state index is 13.7. The quantitative estimate of drug-likeness (QED) is 0.136. The number of benzene rings is 1. The van der Waals surface area contributed by atoms with Crippen molar-refractivity contribution in [2.75, 3.05) is 25.6 Å². The van der Waals surface area contributed by atoms with E-state index in [2.05, 4.69) is 20.0 Å². The van der Waals surface area contributed by atoms with Gasteiger partial charge in [0, 0.05) is 12.3 Å². The maximum absolute atomic E-state index is 13.7. The minimum atomic E-state index is -4.02. The molecule has 1 saturated heterocycles. The van der Waals surface area contributed by atoms with Gasteiger partial charge in [0.15, 0.2) is 22.5 Å². The molecule has 0 saturated carbocycles. The van der Waals surface area contributed by atoms with Gasteiger partial charge in [-0.15, -0.1) is 0 Å². The number of carbonyl (C=O) groups excluding carboxylic acids is 1. The Morgan fingerprint density at radius 1 is 1.31 bits per heavy atom. The number of rotatable bonds is 13. The Labute approximate surface area is 246 Å². The summed E-state index contributed by atoms with van der Waals surface area (Å²) in [6, 6.07) is 9.14. The molecule has 230 valence electrons. The number of aliphatic hydroxyl groups is 3. The zero-order valence-electron chi connectivity index (χ0n) is 23.7. The number of nitrogens with one attached hydrogen (secondary N) is 2. The third-order valence-corrected chi connectivity index (χ3v) is 9.55. The lowest BCUT2D eigenvalue weighted by atomic mass is 9.96. The zero-order chi connectivity index (χ0) is 30.7. The van der Waals surface area contributed by atoms with E-state index in [9.17, 15) is 29.5 Å². The summed E-state index contributed by atoms with van der Waals surface area (Å²) in [5, 5.41) is 34.1. The molecule has 5 N–H and O–H groups in total. The Balaban J connectivity index is 1.46. The second kappa shape index (κ2) is 13.0. The SMILES string of the molecule is Cc1nc2c(ncn2[C@@H]2O[C@H](COP(=O)(NCc3ccccc3)OCCSC(=O)C(C)(C)CO)[C@@H](O)[C@@]2(C)O)c(=O)[nH]1. The van der Waals surface area contributed by atoms with Gasteiger partial charge in [-0.1, -0.05) is 42.1 Å². The van der Waals surface area contributed by atoms with Gasteiger partial charge in [0.1, 0.15) is 23.6 Å². The van der Waals surface area contributed by atoms with Gasteiger partial charge in [0.2, 0.25) is 0 Å². The van der Waals surface area contributed by atoms with Crippen molar-refractivity contribution in [3.63, 3.8) is 0 Å². The Hall–Kier alpha value is -2.46. The molecule has 3 heterocycles. The molecule has 1 unspecified atom stereocenters. The van der Waals surface area contributed by atoms with Crippen molar-refractivity contribution in [3.05, 3.63) is 58.4 Å². The van der Waals surface area contributed by atoms with Crippen LogP contribution in [0.1, 0.15) is 38.4 Å². The van der Waals surface area contributed by atoms with Crippen LogP contribution in [0, 0.1) is 12.3 Å². The summed E-state index contributed by atoms with van der Waals surface area (Å²) in [7, 11) is -4.02. The molecule has 1 aromatic carbocycles. The van der Waals surface area contributed by atoms with Gasteiger partial charge in [0.05, 0.1) is 31.6 Å². The minimum Gasteiger partial charge on any atom is -0.395 e. The van der Waals surface area contributed by atoms with Gasteiger partial charge in [-0.05, 0) is 33.3 Å². The molecule has 14 nitrogen and oxygen atoms in total. The highest BCUT2D eigenvalue weighted by Gasteiger charge is 2.54. The topological polar surface area (TPSA) is 198 Å². The molecule has 1 aliphatic heterocycles. The Bertz CT molecular complexity index is 1500. The molecule has 2 aromatic heterocycles. The van der Waals surface area contributed by atoms with Crippen molar-refractivity contribution in [1.29, 1.82) is 0 Å². The van der Waals surface area contributed by atoms with Crippen LogP contribution < -0.4 is 10.6 Å². The largest absolute Gasteiger partial charge is 0.405 e. The van der Waals surface area contributed by atoms with Crippen molar-refractivity contribution < 1.29 is 38.5 Å². The highest BCUT2D eigenvalue weighted by Crippen LogP contribution is 2.46. The molecule has 0 amide bonds. The number of H-pyrrole nitrogens is 1. The van der Waals surface area contributed by atoms with Crippen LogP contribution in [0.3, 0.4) is 0 Å². The first-order valence-electron chi connectivity index (χ1n) is 13.2. The fourth-order valence-electron chi connectivity index (χ4n) is 4.22. The van der Waals surface area contributed by atoms with Crippen molar-refractivity contribution >= 4 is 35.8 Å². The normalized spacial score (nSPS) is 24.2. The lowest BCUT2D eigenvalue weighted by molar-refractivity contribution is -0.119. The predicted molar refractivity (Wildman–Crippen MR) is 155 cm³/mol. The highest BCUT2D eigenvalue weighted by atomic mass is 32.2. The molecular weight excluding hydrogens is 589 g/mol. The number of aliphatic hydroxyl groups excluding tert-OH is 2.